The smallest absolute Gasteiger partial charge is 0.330 e. The van der Waals surface area contributed by atoms with E-state index in [2.05, 4.69) is 19.1 Å². The lowest BCUT2D eigenvalue weighted by Crippen LogP contribution is -2.22. The zero-order valence-corrected chi connectivity index (χ0v) is 15.6. The van der Waals surface area contributed by atoms with Crippen molar-refractivity contribution in [2.45, 2.75) is 78.1 Å². The van der Waals surface area contributed by atoms with Crippen LogP contribution in [0, 0.1) is 0 Å². The fourth-order valence-electron chi connectivity index (χ4n) is 2.33. The summed E-state index contributed by atoms with van der Waals surface area (Å²) in [5.74, 6) is -0.294. The van der Waals surface area contributed by atoms with Gasteiger partial charge in [0, 0.05) is 6.08 Å². The lowest BCUT2D eigenvalue weighted by atomic mass is 10.1. The van der Waals surface area contributed by atoms with Crippen molar-refractivity contribution in [2.24, 2.45) is 0 Å². The molecule has 0 aliphatic carbocycles. The first-order valence-corrected chi connectivity index (χ1v) is 8.95. The van der Waals surface area contributed by atoms with Crippen molar-refractivity contribution in [1.29, 1.82) is 0 Å². The number of carbonyl (C=O) groups is 1. The summed E-state index contributed by atoms with van der Waals surface area (Å²) in [5, 5.41) is 0. The molecule has 0 fully saturated rings. The van der Waals surface area contributed by atoms with Gasteiger partial charge in [-0.25, -0.2) is 4.79 Å². The first kappa shape index (κ1) is 20.4. The van der Waals surface area contributed by atoms with Crippen molar-refractivity contribution in [3.8, 4) is 0 Å². The summed E-state index contributed by atoms with van der Waals surface area (Å²) in [6.07, 6.45) is 8.82. The second-order valence-electron chi connectivity index (χ2n) is 7.09. The van der Waals surface area contributed by atoms with Crippen LogP contribution in [-0.2, 0) is 20.9 Å². The van der Waals surface area contributed by atoms with E-state index in [0.29, 0.717) is 6.61 Å². The molecule has 0 aliphatic rings. The van der Waals surface area contributed by atoms with E-state index in [-0.39, 0.29) is 12.1 Å². The second kappa shape index (κ2) is 11.0. The third kappa shape index (κ3) is 10.2. The highest BCUT2D eigenvalue weighted by Crippen LogP contribution is 2.14. The minimum atomic E-state index is -0.453. The van der Waals surface area contributed by atoms with Gasteiger partial charge in [0.1, 0.15) is 5.60 Å². The summed E-state index contributed by atoms with van der Waals surface area (Å²) >= 11 is 0. The molecule has 0 N–H and O–H groups in total. The maximum Gasteiger partial charge on any atom is 0.330 e. The van der Waals surface area contributed by atoms with Crippen LogP contribution in [0.1, 0.15) is 65.4 Å². The molecule has 1 aromatic rings. The molecule has 0 bridgehead atoms. The molecule has 3 heteroatoms. The second-order valence-corrected chi connectivity index (χ2v) is 7.09. The van der Waals surface area contributed by atoms with Gasteiger partial charge in [-0.15, -0.1) is 0 Å². The first-order valence-electron chi connectivity index (χ1n) is 8.95. The van der Waals surface area contributed by atoms with E-state index in [0.717, 1.165) is 19.3 Å². The van der Waals surface area contributed by atoms with Crippen molar-refractivity contribution in [2.75, 3.05) is 0 Å². The van der Waals surface area contributed by atoms with Gasteiger partial charge in [-0.3, -0.25) is 0 Å². The molecular weight excluding hydrogens is 300 g/mol. The van der Waals surface area contributed by atoms with E-state index >= 15 is 0 Å². The Balaban J connectivity index is 2.47. The van der Waals surface area contributed by atoms with Crippen molar-refractivity contribution < 1.29 is 14.3 Å². The summed E-state index contributed by atoms with van der Waals surface area (Å²) in [6.45, 7) is 8.42. The Morgan fingerprint density at radius 2 is 1.88 bits per heavy atom. The Bertz CT molecular complexity index is 486. The molecule has 1 rings (SSSR count). The Kier molecular flexibility index (Phi) is 9.39. The highest BCUT2D eigenvalue weighted by atomic mass is 16.6. The lowest BCUT2D eigenvalue weighted by Gasteiger charge is -2.18. The normalized spacial score (nSPS) is 13.2. The Morgan fingerprint density at radius 3 is 2.50 bits per heavy atom. The highest BCUT2D eigenvalue weighted by molar-refractivity contribution is 5.82. The molecule has 1 aromatic carbocycles. The summed E-state index contributed by atoms with van der Waals surface area (Å²) in [6, 6.07) is 10.2. The van der Waals surface area contributed by atoms with Crippen LogP contribution in [0.2, 0.25) is 0 Å². The molecule has 0 unspecified atom stereocenters. The average molecular weight is 332 g/mol. The largest absolute Gasteiger partial charge is 0.457 e. The molecule has 0 amide bonds. The summed E-state index contributed by atoms with van der Waals surface area (Å²) in [4.78, 5) is 11.7. The van der Waals surface area contributed by atoms with Crippen molar-refractivity contribution in [1.82, 2.24) is 0 Å². The molecule has 0 aliphatic heterocycles. The molecule has 0 saturated heterocycles. The monoisotopic (exact) mass is 332 g/mol. The Morgan fingerprint density at radius 1 is 1.17 bits per heavy atom. The number of ether oxygens (including phenoxy) is 2. The molecular formula is C21H32O3. The van der Waals surface area contributed by atoms with Gasteiger partial charge in [0.2, 0.25) is 0 Å². The average Bonchev–Trinajstić information content (AvgIpc) is 2.51. The van der Waals surface area contributed by atoms with Crippen LogP contribution in [0.5, 0.6) is 0 Å². The number of benzene rings is 1. The number of hydrogen-bond donors (Lipinski definition) is 0. The van der Waals surface area contributed by atoms with Gasteiger partial charge in [0.15, 0.2) is 0 Å². The van der Waals surface area contributed by atoms with Crippen LogP contribution < -0.4 is 0 Å². The maximum atomic E-state index is 11.7. The Hall–Kier alpha value is -1.61. The molecule has 24 heavy (non-hydrogen) atoms. The van der Waals surface area contributed by atoms with Gasteiger partial charge < -0.3 is 9.47 Å². The molecule has 0 aromatic heterocycles. The summed E-state index contributed by atoms with van der Waals surface area (Å²) in [7, 11) is 0. The van der Waals surface area contributed by atoms with E-state index in [9.17, 15) is 4.79 Å². The predicted molar refractivity (Wildman–Crippen MR) is 98.8 cm³/mol. The number of unbranched alkanes of at least 4 members (excludes halogenated alkanes) is 2. The fourth-order valence-corrected chi connectivity index (χ4v) is 2.33. The van der Waals surface area contributed by atoms with Gasteiger partial charge in [0.25, 0.3) is 0 Å². The summed E-state index contributed by atoms with van der Waals surface area (Å²) in [5.41, 5.74) is 0.722. The number of carbonyl (C=O) groups excluding carboxylic acids is 1. The first-order chi connectivity index (χ1) is 11.4. The predicted octanol–water partition coefficient (Wildman–Crippen LogP) is 5.44. The van der Waals surface area contributed by atoms with E-state index in [1.54, 1.807) is 0 Å². The van der Waals surface area contributed by atoms with Crippen LogP contribution in [0.4, 0.5) is 0 Å². The molecule has 3 nitrogen and oxygen atoms in total. The number of esters is 1. The lowest BCUT2D eigenvalue weighted by molar-refractivity contribution is -0.148. The van der Waals surface area contributed by atoms with Gasteiger partial charge in [-0.1, -0.05) is 62.6 Å². The van der Waals surface area contributed by atoms with Crippen LogP contribution in [0.3, 0.4) is 0 Å². The molecule has 1 atom stereocenters. The van der Waals surface area contributed by atoms with Crippen LogP contribution in [0.25, 0.3) is 0 Å². The van der Waals surface area contributed by atoms with Crippen LogP contribution in [0.15, 0.2) is 42.5 Å². The molecule has 0 heterocycles. The van der Waals surface area contributed by atoms with Crippen molar-refractivity contribution in [3.63, 3.8) is 0 Å². The minimum absolute atomic E-state index is 0.135. The van der Waals surface area contributed by atoms with Crippen molar-refractivity contribution in [3.05, 3.63) is 48.0 Å². The van der Waals surface area contributed by atoms with Crippen molar-refractivity contribution >= 4 is 5.97 Å². The van der Waals surface area contributed by atoms with E-state index in [1.165, 1.54) is 24.5 Å². The molecule has 0 saturated carbocycles. The number of rotatable bonds is 10. The topological polar surface area (TPSA) is 35.5 Å². The van der Waals surface area contributed by atoms with E-state index in [4.69, 9.17) is 9.47 Å². The van der Waals surface area contributed by atoms with E-state index < -0.39 is 5.60 Å². The standard InChI is InChI=1S/C21H32O3/c1-5-6-8-14-19(23-17-18-12-9-7-10-13-18)15-11-16-20(22)24-21(2,3)4/h7,9-13,16,19H,5-6,8,14-15,17H2,1-4H3/b16-11+/t19-/m1/s1. The van der Waals surface area contributed by atoms with Gasteiger partial charge in [0.05, 0.1) is 12.7 Å². The Labute approximate surface area is 147 Å². The van der Waals surface area contributed by atoms with Crippen LogP contribution in [-0.4, -0.2) is 17.7 Å². The van der Waals surface area contributed by atoms with Gasteiger partial charge in [-0.2, -0.15) is 0 Å². The SMILES string of the molecule is CCCCC[C@H](C/C=C/C(=O)OC(C)(C)C)OCc1ccccc1. The fraction of sp³-hybridized carbons (Fsp3) is 0.571. The minimum Gasteiger partial charge on any atom is -0.457 e. The highest BCUT2D eigenvalue weighted by Gasteiger charge is 2.14. The molecule has 0 radical (unpaired) electrons. The van der Waals surface area contributed by atoms with Gasteiger partial charge >= 0.3 is 5.97 Å². The van der Waals surface area contributed by atoms with E-state index in [1.807, 2.05) is 45.0 Å². The zero-order valence-electron chi connectivity index (χ0n) is 15.6. The zero-order chi connectivity index (χ0) is 17.8. The molecule has 134 valence electrons. The summed E-state index contributed by atoms with van der Waals surface area (Å²) < 4.78 is 11.3. The van der Waals surface area contributed by atoms with Crippen LogP contribution >= 0.6 is 0 Å². The molecule has 0 spiro atoms. The third-order valence-corrected chi connectivity index (χ3v) is 3.52. The maximum absolute atomic E-state index is 11.7. The number of hydrogen-bond acceptors (Lipinski definition) is 3. The third-order valence-electron chi connectivity index (χ3n) is 3.52. The van der Waals surface area contributed by atoms with Gasteiger partial charge in [-0.05, 0) is 39.2 Å². The quantitative estimate of drug-likeness (QED) is 0.325.